The van der Waals surface area contributed by atoms with Gasteiger partial charge in [-0.2, -0.15) is 0 Å². The van der Waals surface area contributed by atoms with Crippen molar-refractivity contribution >= 4 is 9.84 Å². The zero-order valence-electron chi connectivity index (χ0n) is 17.5. The third-order valence-corrected chi connectivity index (χ3v) is 7.89. The van der Waals surface area contributed by atoms with Gasteiger partial charge in [-0.05, 0) is 51.7 Å². The molecule has 2 N–H and O–H groups in total. The zero-order valence-corrected chi connectivity index (χ0v) is 18.3. The Balaban J connectivity index is 3.01. The number of benzene rings is 1. The van der Waals surface area contributed by atoms with Crippen molar-refractivity contribution in [3.05, 3.63) is 41.6 Å². The summed E-state index contributed by atoms with van der Waals surface area (Å²) in [6.45, 7) is 18.9. The Morgan fingerprint density at radius 2 is 1.73 bits per heavy atom. The second kappa shape index (κ2) is 7.63. The van der Waals surface area contributed by atoms with Gasteiger partial charge in [-0.25, -0.2) is 8.42 Å². The number of sulfone groups is 1. The molecular weight excluding hydrogens is 346 g/mol. The predicted molar refractivity (Wildman–Crippen MR) is 110 cm³/mol. The molecule has 0 fully saturated rings. The van der Waals surface area contributed by atoms with Gasteiger partial charge in [0.25, 0.3) is 0 Å². The number of rotatable bonds is 7. The molecule has 1 aromatic rings. The monoisotopic (exact) mass is 381 g/mol. The highest BCUT2D eigenvalue weighted by atomic mass is 32.2. The van der Waals surface area contributed by atoms with Gasteiger partial charge in [0.2, 0.25) is 0 Å². The number of hydrogen-bond acceptors (Lipinski definition) is 4. The van der Waals surface area contributed by atoms with Crippen LogP contribution in [-0.2, 0) is 15.3 Å². The van der Waals surface area contributed by atoms with Crippen LogP contribution in [-0.4, -0.2) is 24.5 Å². The molecule has 148 valence electrons. The van der Waals surface area contributed by atoms with Crippen LogP contribution in [0.2, 0.25) is 0 Å². The molecule has 0 amide bonds. The molecule has 5 heteroatoms. The molecule has 0 bridgehead atoms. The van der Waals surface area contributed by atoms with Crippen LogP contribution >= 0.6 is 0 Å². The molecule has 1 unspecified atom stereocenters. The largest absolute Gasteiger partial charge is 0.490 e. The molecule has 0 aromatic heterocycles. The van der Waals surface area contributed by atoms with E-state index in [9.17, 15) is 8.42 Å². The zero-order chi connectivity index (χ0) is 20.5. The summed E-state index contributed by atoms with van der Waals surface area (Å²) in [6.07, 6.45) is 0.140. The first kappa shape index (κ1) is 22.6. The molecule has 0 aliphatic carbocycles. The second-order valence-corrected chi connectivity index (χ2v) is 11.7. The second-order valence-electron chi connectivity index (χ2n) is 8.80. The fourth-order valence-electron chi connectivity index (χ4n) is 2.88. The predicted octanol–water partition coefficient (Wildman–Crippen LogP) is 4.50. The van der Waals surface area contributed by atoms with Gasteiger partial charge in [0.1, 0.15) is 10.5 Å². The van der Waals surface area contributed by atoms with E-state index in [1.165, 1.54) is 5.56 Å². The molecule has 0 spiro atoms. The van der Waals surface area contributed by atoms with E-state index < -0.39 is 19.8 Å². The molecule has 26 heavy (non-hydrogen) atoms. The van der Waals surface area contributed by atoms with E-state index in [4.69, 9.17) is 10.5 Å². The number of aryl methyl sites for hydroxylation is 1. The van der Waals surface area contributed by atoms with Crippen molar-refractivity contribution in [1.29, 1.82) is 0 Å². The minimum Gasteiger partial charge on any atom is -0.490 e. The van der Waals surface area contributed by atoms with Crippen LogP contribution in [0.25, 0.3) is 0 Å². The van der Waals surface area contributed by atoms with E-state index in [0.717, 1.165) is 11.3 Å². The third kappa shape index (κ3) is 4.81. The Hall–Kier alpha value is -1.49. The summed E-state index contributed by atoms with van der Waals surface area (Å²) in [5, 5.41) is -0.587. The molecule has 1 aromatic carbocycles. The van der Waals surface area contributed by atoms with Crippen LogP contribution < -0.4 is 10.5 Å². The molecule has 0 saturated heterocycles. The minimum absolute atomic E-state index is 0.0575. The number of nitrogens with two attached hydrogens (primary N) is 1. The lowest BCUT2D eigenvalue weighted by atomic mass is 9.85. The van der Waals surface area contributed by atoms with Crippen molar-refractivity contribution < 1.29 is 13.2 Å². The average Bonchev–Trinajstić information content (AvgIpc) is 2.47. The van der Waals surface area contributed by atoms with E-state index >= 15 is 0 Å². The maximum atomic E-state index is 12.9. The molecule has 0 saturated carbocycles. The Labute approximate surface area is 159 Å². The molecule has 0 aliphatic rings. The van der Waals surface area contributed by atoms with Gasteiger partial charge in [-0.1, -0.05) is 45.0 Å². The summed E-state index contributed by atoms with van der Waals surface area (Å²) >= 11 is 0. The Morgan fingerprint density at radius 1 is 1.19 bits per heavy atom. The third-order valence-electron chi connectivity index (χ3n) is 4.95. The van der Waals surface area contributed by atoms with E-state index in [0.29, 0.717) is 6.42 Å². The average molecular weight is 382 g/mol. The maximum Gasteiger partial charge on any atom is 0.163 e. The molecule has 4 nitrogen and oxygen atoms in total. The van der Waals surface area contributed by atoms with Gasteiger partial charge in [-0.3, -0.25) is 0 Å². The van der Waals surface area contributed by atoms with Crippen LogP contribution in [0.4, 0.5) is 0 Å². The summed E-state index contributed by atoms with van der Waals surface area (Å²) < 4.78 is 30.7. The normalized spacial score (nSPS) is 15.4. The lowest BCUT2D eigenvalue weighted by Crippen LogP contribution is -2.43. The van der Waals surface area contributed by atoms with E-state index in [-0.39, 0.29) is 17.2 Å². The standard InChI is InChI=1S/C21H35NO3S/c1-14-10-11-19(18(12-14)20(5,6)7)25-15(2)13-16(3)26(23,24)21(8,9)17(4)22/h10-12,15-16H,4,13,22H2,1-3,5-9H3/t15-,16?/m0/s1. The van der Waals surface area contributed by atoms with Crippen molar-refractivity contribution in [2.24, 2.45) is 5.73 Å². The van der Waals surface area contributed by atoms with Crippen molar-refractivity contribution in [3.63, 3.8) is 0 Å². The van der Waals surface area contributed by atoms with Gasteiger partial charge in [0.15, 0.2) is 9.84 Å². The van der Waals surface area contributed by atoms with Gasteiger partial charge in [-0.15, -0.1) is 0 Å². The van der Waals surface area contributed by atoms with Crippen molar-refractivity contribution in [2.75, 3.05) is 0 Å². The molecule has 0 aliphatic heterocycles. The van der Waals surface area contributed by atoms with Crippen LogP contribution in [0.15, 0.2) is 30.5 Å². The Morgan fingerprint density at radius 3 is 2.19 bits per heavy atom. The fourth-order valence-corrected chi connectivity index (χ4v) is 4.77. The molecule has 0 radical (unpaired) electrons. The quantitative estimate of drug-likeness (QED) is 0.755. The van der Waals surface area contributed by atoms with Crippen LogP contribution in [0.5, 0.6) is 5.75 Å². The van der Waals surface area contributed by atoms with Crippen molar-refractivity contribution in [3.8, 4) is 5.75 Å². The van der Waals surface area contributed by atoms with Gasteiger partial charge < -0.3 is 10.5 Å². The fraction of sp³-hybridized carbons (Fsp3) is 0.619. The minimum atomic E-state index is -3.47. The summed E-state index contributed by atoms with van der Waals surface area (Å²) in [5.74, 6) is 0.808. The maximum absolute atomic E-state index is 12.9. The summed E-state index contributed by atoms with van der Waals surface area (Å²) in [6, 6.07) is 6.11. The Kier molecular flexibility index (Phi) is 6.62. The van der Waals surface area contributed by atoms with Gasteiger partial charge >= 0.3 is 0 Å². The first-order valence-corrected chi connectivity index (χ1v) is 10.6. The summed E-state index contributed by atoms with van der Waals surface area (Å²) in [4.78, 5) is 0. The number of hydrogen-bond donors (Lipinski definition) is 1. The molecular formula is C21H35NO3S. The Bertz CT molecular complexity index is 758. The van der Waals surface area contributed by atoms with Crippen LogP contribution in [0.1, 0.15) is 66.0 Å². The topological polar surface area (TPSA) is 69.4 Å². The molecule has 1 rings (SSSR count). The van der Waals surface area contributed by atoms with Crippen molar-refractivity contribution in [1.82, 2.24) is 0 Å². The highest BCUT2D eigenvalue weighted by Gasteiger charge is 2.40. The smallest absolute Gasteiger partial charge is 0.163 e. The van der Waals surface area contributed by atoms with E-state index in [1.54, 1.807) is 20.8 Å². The van der Waals surface area contributed by atoms with E-state index in [1.807, 2.05) is 19.1 Å². The lowest BCUT2D eigenvalue weighted by molar-refractivity contribution is 0.205. The highest BCUT2D eigenvalue weighted by Crippen LogP contribution is 2.34. The highest BCUT2D eigenvalue weighted by molar-refractivity contribution is 7.93. The molecule has 2 atom stereocenters. The SMILES string of the molecule is C=C(N)C(C)(C)S(=O)(=O)C(C)C[C@H](C)Oc1ccc(C)cc1C(C)(C)C. The van der Waals surface area contributed by atoms with Gasteiger partial charge in [0, 0.05) is 12.1 Å². The summed E-state index contributed by atoms with van der Waals surface area (Å²) in [5.41, 5.74) is 8.12. The van der Waals surface area contributed by atoms with Crippen LogP contribution in [0.3, 0.4) is 0 Å². The summed E-state index contributed by atoms with van der Waals surface area (Å²) in [7, 11) is -3.47. The lowest BCUT2D eigenvalue weighted by Gasteiger charge is -2.30. The van der Waals surface area contributed by atoms with Gasteiger partial charge in [0.05, 0.1) is 11.4 Å². The van der Waals surface area contributed by atoms with Crippen LogP contribution in [0, 0.1) is 6.92 Å². The van der Waals surface area contributed by atoms with E-state index in [2.05, 4.69) is 40.3 Å². The first-order valence-electron chi connectivity index (χ1n) is 9.06. The number of ether oxygens (including phenoxy) is 1. The molecule has 0 heterocycles. The first-order chi connectivity index (χ1) is 11.6. The van der Waals surface area contributed by atoms with Crippen molar-refractivity contribution in [2.45, 2.75) is 83.3 Å².